The number of aryl methyl sites for hydroxylation is 2. The van der Waals surface area contributed by atoms with Gasteiger partial charge in [0.15, 0.2) is 5.76 Å². The SMILES string of the molecule is Cc1c(C(=O)N(C)Cc2cnn(C)c2)oc2ccc(Cl)cc12. The second kappa shape index (κ2) is 5.50. The zero-order valence-corrected chi connectivity index (χ0v) is 13.4. The quantitative estimate of drug-likeness (QED) is 0.744. The van der Waals surface area contributed by atoms with Gasteiger partial charge in [-0.3, -0.25) is 9.48 Å². The van der Waals surface area contributed by atoms with Gasteiger partial charge in [-0.05, 0) is 25.1 Å². The maximum Gasteiger partial charge on any atom is 0.289 e. The monoisotopic (exact) mass is 317 g/mol. The largest absolute Gasteiger partial charge is 0.451 e. The van der Waals surface area contributed by atoms with Gasteiger partial charge in [-0.2, -0.15) is 5.10 Å². The fourth-order valence-electron chi connectivity index (χ4n) is 2.47. The molecule has 114 valence electrons. The number of fused-ring (bicyclic) bond motifs is 1. The number of rotatable bonds is 3. The second-order valence-corrected chi connectivity index (χ2v) is 5.82. The van der Waals surface area contributed by atoms with Crippen LogP contribution < -0.4 is 0 Å². The average molecular weight is 318 g/mol. The number of benzene rings is 1. The predicted molar refractivity (Wildman–Crippen MR) is 85.0 cm³/mol. The summed E-state index contributed by atoms with van der Waals surface area (Å²) in [6.45, 7) is 2.34. The highest BCUT2D eigenvalue weighted by atomic mass is 35.5. The van der Waals surface area contributed by atoms with Crippen molar-refractivity contribution >= 4 is 28.5 Å². The summed E-state index contributed by atoms with van der Waals surface area (Å²) in [6, 6.07) is 5.34. The van der Waals surface area contributed by atoms with E-state index in [2.05, 4.69) is 5.10 Å². The molecule has 0 aliphatic heterocycles. The van der Waals surface area contributed by atoms with Crippen LogP contribution in [0.5, 0.6) is 0 Å². The molecule has 0 radical (unpaired) electrons. The Morgan fingerprint density at radius 2 is 2.23 bits per heavy atom. The van der Waals surface area contributed by atoms with E-state index in [0.717, 1.165) is 16.5 Å². The highest BCUT2D eigenvalue weighted by Crippen LogP contribution is 2.28. The van der Waals surface area contributed by atoms with Crippen LogP contribution in [0.1, 0.15) is 21.7 Å². The van der Waals surface area contributed by atoms with Crippen molar-refractivity contribution < 1.29 is 9.21 Å². The molecule has 0 saturated carbocycles. The molecule has 0 unspecified atom stereocenters. The third kappa shape index (κ3) is 2.60. The summed E-state index contributed by atoms with van der Waals surface area (Å²) >= 11 is 6.01. The summed E-state index contributed by atoms with van der Waals surface area (Å²) in [7, 11) is 3.59. The van der Waals surface area contributed by atoms with Crippen LogP contribution in [-0.4, -0.2) is 27.6 Å². The number of halogens is 1. The second-order valence-electron chi connectivity index (χ2n) is 5.38. The molecule has 0 spiro atoms. The molecule has 0 aliphatic rings. The molecule has 5 nitrogen and oxygen atoms in total. The van der Waals surface area contributed by atoms with Crippen molar-refractivity contribution in [2.24, 2.45) is 7.05 Å². The van der Waals surface area contributed by atoms with Gasteiger partial charge in [0.2, 0.25) is 0 Å². The zero-order valence-electron chi connectivity index (χ0n) is 12.6. The Hall–Kier alpha value is -2.27. The van der Waals surface area contributed by atoms with E-state index < -0.39 is 0 Å². The van der Waals surface area contributed by atoms with Crippen LogP contribution in [0.15, 0.2) is 35.0 Å². The predicted octanol–water partition coefficient (Wildman–Crippen LogP) is 3.40. The van der Waals surface area contributed by atoms with E-state index >= 15 is 0 Å². The summed E-state index contributed by atoms with van der Waals surface area (Å²) < 4.78 is 7.42. The first-order valence-corrected chi connectivity index (χ1v) is 7.25. The van der Waals surface area contributed by atoms with Crippen LogP contribution in [0, 0.1) is 6.92 Å². The number of nitrogens with zero attached hydrogens (tertiary/aromatic N) is 3. The molecule has 0 bridgehead atoms. The fraction of sp³-hybridized carbons (Fsp3) is 0.250. The molecule has 0 aliphatic carbocycles. The van der Waals surface area contributed by atoms with Gasteiger partial charge in [0.05, 0.1) is 6.20 Å². The lowest BCUT2D eigenvalue weighted by molar-refractivity contribution is 0.0755. The van der Waals surface area contributed by atoms with Crippen LogP contribution in [0.25, 0.3) is 11.0 Å². The maximum absolute atomic E-state index is 12.6. The molecule has 6 heteroatoms. The van der Waals surface area contributed by atoms with Gasteiger partial charge in [0.1, 0.15) is 5.58 Å². The molecule has 3 aromatic rings. The highest BCUT2D eigenvalue weighted by molar-refractivity contribution is 6.31. The molecule has 0 N–H and O–H groups in total. The van der Waals surface area contributed by atoms with E-state index in [1.54, 1.807) is 35.0 Å². The zero-order chi connectivity index (χ0) is 15.9. The van der Waals surface area contributed by atoms with Crippen molar-refractivity contribution in [2.45, 2.75) is 13.5 Å². The molecule has 1 amide bonds. The molecule has 2 heterocycles. The number of furan rings is 1. The number of carbonyl (C=O) groups is 1. The Bertz CT molecular complexity index is 850. The van der Waals surface area contributed by atoms with E-state index in [4.69, 9.17) is 16.0 Å². The normalized spacial score (nSPS) is 11.1. The molecule has 0 fully saturated rings. The summed E-state index contributed by atoms with van der Waals surface area (Å²) in [6.07, 6.45) is 3.63. The van der Waals surface area contributed by atoms with E-state index in [0.29, 0.717) is 22.9 Å². The number of aromatic nitrogens is 2. The Morgan fingerprint density at radius 3 is 2.91 bits per heavy atom. The smallest absolute Gasteiger partial charge is 0.289 e. The third-order valence-electron chi connectivity index (χ3n) is 3.62. The minimum atomic E-state index is -0.159. The van der Waals surface area contributed by atoms with Crippen molar-refractivity contribution in [3.8, 4) is 0 Å². The first-order valence-electron chi connectivity index (χ1n) is 6.87. The van der Waals surface area contributed by atoms with Gasteiger partial charge in [-0.25, -0.2) is 0 Å². The number of amides is 1. The molecule has 3 rings (SSSR count). The van der Waals surface area contributed by atoms with Crippen molar-refractivity contribution in [1.29, 1.82) is 0 Å². The lowest BCUT2D eigenvalue weighted by Gasteiger charge is -2.14. The highest BCUT2D eigenvalue weighted by Gasteiger charge is 2.21. The van der Waals surface area contributed by atoms with Crippen LogP contribution in [-0.2, 0) is 13.6 Å². The summed E-state index contributed by atoms with van der Waals surface area (Å²) in [4.78, 5) is 14.2. The van der Waals surface area contributed by atoms with Crippen molar-refractivity contribution in [3.63, 3.8) is 0 Å². The first kappa shape index (κ1) is 14.7. The van der Waals surface area contributed by atoms with E-state index in [9.17, 15) is 4.79 Å². The Labute approximate surface area is 133 Å². The van der Waals surface area contributed by atoms with Crippen LogP contribution >= 0.6 is 11.6 Å². The number of hydrogen-bond donors (Lipinski definition) is 0. The van der Waals surface area contributed by atoms with Gasteiger partial charge in [0, 0.05) is 48.4 Å². The third-order valence-corrected chi connectivity index (χ3v) is 3.85. The molecular formula is C16H16ClN3O2. The van der Waals surface area contributed by atoms with Crippen molar-refractivity contribution in [2.75, 3.05) is 7.05 Å². The molecular weight excluding hydrogens is 302 g/mol. The molecule has 22 heavy (non-hydrogen) atoms. The van der Waals surface area contributed by atoms with Crippen molar-refractivity contribution in [3.05, 3.63) is 52.5 Å². The van der Waals surface area contributed by atoms with Gasteiger partial charge in [-0.15, -0.1) is 0 Å². The average Bonchev–Trinajstić information content (AvgIpc) is 3.02. The van der Waals surface area contributed by atoms with Gasteiger partial charge >= 0.3 is 0 Å². The Morgan fingerprint density at radius 1 is 1.45 bits per heavy atom. The molecule has 0 atom stereocenters. The fourth-order valence-corrected chi connectivity index (χ4v) is 2.64. The topological polar surface area (TPSA) is 51.3 Å². The summed E-state index contributed by atoms with van der Waals surface area (Å²) in [5.74, 6) is 0.192. The van der Waals surface area contributed by atoms with Gasteiger partial charge < -0.3 is 9.32 Å². The van der Waals surface area contributed by atoms with E-state index in [1.165, 1.54) is 0 Å². The van der Waals surface area contributed by atoms with Gasteiger partial charge in [-0.1, -0.05) is 11.6 Å². The van der Waals surface area contributed by atoms with Crippen molar-refractivity contribution in [1.82, 2.24) is 14.7 Å². The Kier molecular flexibility index (Phi) is 3.66. The van der Waals surface area contributed by atoms with Crippen LogP contribution in [0.2, 0.25) is 5.02 Å². The molecule has 2 aromatic heterocycles. The summed E-state index contributed by atoms with van der Waals surface area (Å²) in [5.41, 5.74) is 2.44. The first-order chi connectivity index (χ1) is 10.5. The Balaban J connectivity index is 1.89. The van der Waals surface area contributed by atoms with E-state index in [1.807, 2.05) is 26.2 Å². The lowest BCUT2D eigenvalue weighted by atomic mass is 10.1. The van der Waals surface area contributed by atoms with Gasteiger partial charge in [0.25, 0.3) is 5.91 Å². The standard InChI is InChI=1S/C16H16ClN3O2/c1-10-13-6-12(17)4-5-14(13)22-15(10)16(21)19(2)8-11-7-18-20(3)9-11/h4-7,9H,8H2,1-3H3. The minimum Gasteiger partial charge on any atom is -0.451 e. The van der Waals surface area contributed by atoms with Crippen LogP contribution in [0.4, 0.5) is 0 Å². The minimum absolute atomic E-state index is 0.159. The maximum atomic E-state index is 12.6. The number of hydrogen-bond acceptors (Lipinski definition) is 3. The molecule has 0 saturated heterocycles. The van der Waals surface area contributed by atoms with E-state index in [-0.39, 0.29) is 5.91 Å². The summed E-state index contributed by atoms with van der Waals surface area (Å²) in [5, 5.41) is 5.59. The number of carbonyl (C=O) groups excluding carboxylic acids is 1. The lowest BCUT2D eigenvalue weighted by Crippen LogP contribution is -2.26. The van der Waals surface area contributed by atoms with Crippen LogP contribution in [0.3, 0.4) is 0 Å². The molecule has 1 aromatic carbocycles.